The lowest BCUT2D eigenvalue weighted by Gasteiger charge is -1.56. The van der Waals surface area contributed by atoms with E-state index in [1.807, 2.05) is 0 Å². The van der Waals surface area contributed by atoms with Crippen molar-refractivity contribution in [3.63, 3.8) is 0 Å². The Bertz CT molecular complexity index is 36.8. The first-order valence-corrected chi connectivity index (χ1v) is 0.748. The van der Waals surface area contributed by atoms with Crippen LogP contribution < -0.4 is 5.59 Å². The summed E-state index contributed by atoms with van der Waals surface area (Å²) >= 11 is 0. The van der Waals surface area contributed by atoms with Gasteiger partial charge < -0.3 is 5.21 Å². The van der Waals surface area contributed by atoms with E-state index in [-0.39, 0.29) is 0 Å². The average molecular weight is 93.0 g/mol. The predicted molar refractivity (Wildman–Crippen MR) is 14.3 cm³/mol. The topological polar surface area (TPSA) is 103 Å². The van der Waals surface area contributed by atoms with Crippen LogP contribution in [0.25, 0.3) is 0 Å². The maximum absolute atomic E-state index is 8.36. The molecule has 0 unspecified atom stereocenters. The maximum atomic E-state index is 8.36. The third kappa shape index (κ3) is 6.30. The van der Waals surface area contributed by atoms with Crippen LogP contribution >= 0.6 is 0 Å². The molecule has 0 amide bonds. The summed E-state index contributed by atoms with van der Waals surface area (Å²) in [5.41, 5.74) is 5.75. The van der Waals surface area contributed by atoms with Crippen LogP contribution in [0.15, 0.2) is 0 Å². The standard InChI is InChI=1S/HNO3.NO/c2-1(3)4;1-2/h(H,2,3,4);/q;+1. The van der Waals surface area contributed by atoms with E-state index in [0.29, 0.717) is 0 Å². The molecule has 6 heavy (non-hydrogen) atoms. The number of nitroso groups, excluding NO2 is 1. The lowest BCUT2D eigenvalue weighted by atomic mass is 13.1. The van der Waals surface area contributed by atoms with Crippen molar-refractivity contribution in [2.45, 2.75) is 0 Å². The quantitative estimate of drug-likeness (QED) is 0.313. The summed E-state index contributed by atoms with van der Waals surface area (Å²) in [6.45, 7) is 0. The zero-order chi connectivity index (χ0) is 5.58. The summed E-state index contributed by atoms with van der Waals surface area (Å²) in [7, 11) is 0. The summed E-state index contributed by atoms with van der Waals surface area (Å²) in [5.74, 6) is 0. The number of rotatable bonds is 0. The Balaban J connectivity index is 0. The van der Waals surface area contributed by atoms with Gasteiger partial charge in [-0.3, -0.25) is 0 Å². The van der Waals surface area contributed by atoms with Crippen LogP contribution in [0.2, 0.25) is 0 Å². The molecule has 0 spiro atoms. The lowest BCUT2D eigenvalue weighted by molar-refractivity contribution is -0.742. The molecular weight excluding hydrogens is 92.0 g/mol. The molecule has 0 aromatic rings. The molecule has 0 aliphatic heterocycles. The third-order valence-corrected chi connectivity index (χ3v) is 0. The normalized spacial score (nSPS) is 4.67. The minimum atomic E-state index is -1.50. The van der Waals surface area contributed by atoms with Crippen LogP contribution in [-0.2, 0) is 0 Å². The first kappa shape index (κ1) is 8.84. The number of hydrogen-bond donors (Lipinski definition) is 1. The number of hydrogen-bond acceptors (Lipinski definition) is 3. The molecule has 0 aliphatic rings. The highest BCUT2D eigenvalue weighted by Gasteiger charge is 1.65. The zero-order valence-corrected chi connectivity index (χ0v) is 2.57. The van der Waals surface area contributed by atoms with Crippen molar-refractivity contribution in [3.05, 3.63) is 15.0 Å². The second-order valence-corrected chi connectivity index (χ2v) is 0.238. The molecule has 0 atom stereocenters. The highest BCUT2D eigenvalue weighted by atomic mass is 16.9. The Morgan fingerprint density at radius 1 is 1.67 bits per heavy atom. The summed E-state index contributed by atoms with van der Waals surface area (Å²) in [6.07, 6.45) is 0. The van der Waals surface area contributed by atoms with Gasteiger partial charge in [0.1, 0.15) is 0 Å². The molecule has 0 bridgehead atoms. The van der Waals surface area contributed by atoms with E-state index in [4.69, 9.17) is 25.8 Å². The lowest BCUT2D eigenvalue weighted by Crippen LogP contribution is -1.81. The van der Waals surface area contributed by atoms with E-state index in [9.17, 15) is 0 Å². The smallest absolute Gasteiger partial charge is 0.328 e. The van der Waals surface area contributed by atoms with Crippen LogP contribution in [-0.4, -0.2) is 10.3 Å². The van der Waals surface area contributed by atoms with E-state index < -0.39 is 5.09 Å². The zero-order valence-electron chi connectivity index (χ0n) is 2.57. The van der Waals surface area contributed by atoms with Gasteiger partial charge in [-0.1, -0.05) is 0 Å². The van der Waals surface area contributed by atoms with Crippen LogP contribution in [0.4, 0.5) is 0 Å². The van der Waals surface area contributed by atoms with E-state index in [1.165, 1.54) is 0 Å². The molecule has 0 aromatic carbocycles. The fourth-order valence-electron chi connectivity index (χ4n) is 0. The highest BCUT2D eigenvalue weighted by Crippen LogP contribution is 1.38. The number of nitrogens with zero attached hydrogens (tertiary/aromatic N) is 2. The molecule has 0 heterocycles. The Kier molecular flexibility index (Phi) is 13.5. The van der Waals surface area contributed by atoms with Gasteiger partial charge in [0.25, 0.3) is 5.09 Å². The predicted octanol–water partition coefficient (Wildman–Crippen LogP) is -0.795. The van der Waals surface area contributed by atoms with Gasteiger partial charge in [-0.25, -0.2) is 0 Å². The molecule has 1 N–H and O–H groups in total. The van der Waals surface area contributed by atoms with Gasteiger partial charge in [-0.15, -0.1) is 10.1 Å². The van der Waals surface area contributed by atoms with Gasteiger partial charge in [0.05, 0.1) is 0 Å². The maximum Gasteiger partial charge on any atom is 0.813 e. The Labute approximate surface area is 32.3 Å². The van der Waals surface area contributed by atoms with E-state index >= 15 is 0 Å². The highest BCUT2D eigenvalue weighted by molar-refractivity contribution is 3.83. The Hall–Kier alpha value is -1.20. The van der Waals surface area contributed by atoms with Crippen molar-refractivity contribution in [2.24, 2.45) is 0 Å². The van der Waals surface area contributed by atoms with Crippen LogP contribution in [0, 0.1) is 15.0 Å². The van der Waals surface area contributed by atoms with E-state index in [1.54, 1.807) is 0 Å². The first-order chi connectivity index (χ1) is 2.73. The monoisotopic (exact) mass is 93.0 g/mol. The van der Waals surface area contributed by atoms with Gasteiger partial charge in [-0.2, -0.15) is 0 Å². The fraction of sp³-hybridized carbons (Fsp3) is 0. The van der Waals surface area contributed by atoms with Crippen molar-refractivity contribution < 1.29 is 10.3 Å². The van der Waals surface area contributed by atoms with Crippen molar-refractivity contribution >= 4 is 0 Å². The fourth-order valence-corrected chi connectivity index (χ4v) is 0. The van der Waals surface area contributed by atoms with Crippen LogP contribution in [0.1, 0.15) is 0 Å². The molecule has 34 valence electrons. The molecular formula is HN2O4+. The summed E-state index contributed by atoms with van der Waals surface area (Å²) in [6, 6.07) is 0. The van der Waals surface area contributed by atoms with Crippen LogP contribution in [0.5, 0.6) is 0 Å². The molecule has 0 saturated carbocycles. The van der Waals surface area contributed by atoms with Gasteiger partial charge in [0.15, 0.2) is 4.91 Å². The SMILES string of the molecule is O=[N+]([O-])O.[N+]=O. The first-order valence-electron chi connectivity index (χ1n) is 0.748. The molecule has 6 nitrogen and oxygen atoms in total. The van der Waals surface area contributed by atoms with Crippen molar-refractivity contribution in [1.29, 1.82) is 0 Å². The molecule has 0 aliphatic carbocycles. The Morgan fingerprint density at radius 3 is 1.67 bits per heavy atom. The second kappa shape index (κ2) is 9.20. The molecule has 2 radical (unpaired) electrons. The molecule has 0 saturated heterocycles. The molecule has 0 rings (SSSR count). The minimum Gasteiger partial charge on any atom is -0.328 e. The summed E-state index contributed by atoms with van der Waals surface area (Å²) in [5, 5.41) is 13.6. The molecule has 0 fully saturated rings. The van der Waals surface area contributed by atoms with Gasteiger partial charge in [0, 0.05) is 0 Å². The second-order valence-electron chi connectivity index (χ2n) is 0.238. The van der Waals surface area contributed by atoms with Crippen molar-refractivity contribution in [1.82, 2.24) is 5.59 Å². The van der Waals surface area contributed by atoms with Gasteiger partial charge in [0.2, 0.25) is 0 Å². The van der Waals surface area contributed by atoms with E-state index in [0.717, 1.165) is 0 Å². The van der Waals surface area contributed by atoms with Crippen LogP contribution in [0.3, 0.4) is 0 Å². The van der Waals surface area contributed by atoms with Gasteiger partial charge in [-0.05, 0) is 0 Å². The van der Waals surface area contributed by atoms with Crippen molar-refractivity contribution in [2.75, 3.05) is 0 Å². The average Bonchev–Trinajstić information content (AvgIpc) is 1.41. The van der Waals surface area contributed by atoms with Crippen molar-refractivity contribution in [3.8, 4) is 0 Å². The largest absolute Gasteiger partial charge is 0.813 e. The summed E-state index contributed by atoms with van der Waals surface area (Å²) < 4.78 is 0. The molecule has 6 heteroatoms. The molecule has 0 aromatic heterocycles. The van der Waals surface area contributed by atoms with Gasteiger partial charge >= 0.3 is 5.59 Å². The van der Waals surface area contributed by atoms with E-state index in [2.05, 4.69) is 0 Å². The minimum absolute atomic E-state index is 1.50. The third-order valence-electron chi connectivity index (χ3n) is 0. The summed E-state index contributed by atoms with van der Waals surface area (Å²) in [4.78, 5) is 15.6. The Morgan fingerprint density at radius 2 is 1.67 bits per heavy atom.